The smallest absolute Gasteiger partial charge is 0.390 e. The van der Waals surface area contributed by atoms with E-state index < -0.39 is 37.7 Å². The number of rotatable bonds is 7. The number of halogens is 3. The highest BCUT2D eigenvalue weighted by molar-refractivity contribution is 5.73. The van der Waals surface area contributed by atoms with Crippen LogP contribution in [0.15, 0.2) is 0 Å². The second kappa shape index (κ2) is 7.75. The summed E-state index contributed by atoms with van der Waals surface area (Å²) in [6.07, 6.45) is -5.38. The van der Waals surface area contributed by atoms with Crippen LogP contribution in [0.3, 0.4) is 0 Å². The van der Waals surface area contributed by atoms with Gasteiger partial charge in [-0.05, 0) is 0 Å². The lowest BCUT2D eigenvalue weighted by molar-refractivity contribution is -0.142. The van der Waals surface area contributed by atoms with Crippen molar-refractivity contribution in [3.63, 3.8) is 0 Å². The first kappa shape index (κ1) is 16.5. The van der Waals surface area contributed by atoms with E-state index in [1.165, 1.54) is 7.05 Å². The summed E-state index contributed by atoms with van der Waals surface area (Å²) >= 11 is 0. The Hall–Kier alpha value is -1.51. The van der Waals surface area contributed by atoms with Gasteiger partial charge < -0.3 is 20.1 Å². The number of ether oxygens (including phenoxy) is 1. The van der Waals surface area contributed by atoms with E-state index in [1.54, 1.807) is 0 Å². The Bertz CT molecular complexity index is 283. The fourth-order valence-electron chi connectivity index (χ4n) is 0.921. The van der Waals surface area contributed by atoms with Gasteiger partial charge in [0.15, 0.2) is 0 Å². The summed E-state index contributed by atoms with van der Waals surface area (Å²) < 4.78 is 40.2. The van der Waals surface area contributed by atoms with Crippen LogP contribution in [0.5, 0.6) is 0 Å². The predicted molar refractivity (Wildman–Crippen MR) is 55.2 cm³/mol. The molecule has 0 rings (SSSR count). The molecule has 0 aliphatic rings. The van der Waals surface area contributed by atoms with Gasteiger partial charge in [0.2, 0.25) is 0 Å². The van der Waals surface area contributed by atoms with Gasteiger partial charge in [-0.2, -0.15) is 13.2 Å². The summed E-state index contributed by atoms with van der Waals surface area (Å²) in [5.41, 5.74) is 0. The Balaban J connectivity index is 3.65. The number of hydrogen-bond donors (Lipinski definition) is 2. The molecule has 0 spiro atoms. The fraction of sp³-hybridized carbons (Fsp3) is 0.778. The summed E-state index contributed by atoms with van der Waals surface area (Å²) in [4.78, 5) is 22.2. The zero-order chi connectivity index (χ0) is 14.2. The van der Waals surface area contributed by atoms with Gasteiger partial charge in [-0.1, -0.05) is 0 Å². The van der Waals surface area contributed by atoms with Crippen molar-refractivity contribution < 1.29 is 32.6 Å². The van der Waals surface area contributed by atoms with Crippen LogP contribution in [-0.4, -0.2) is 61.5 Å². The summed E-state index contributed by atoms with van der Waals surface area (Å²) in [6, 6.07) is -0.668. The van der Waals surface area contributed by atoms with Gasteiger partial charge in [-0.15, -0.1) is 0 Å². The Morgan fingerprint density at radius 2 is 2.00 bits per heavy atom. The van der Waals surface area contributed by atoms with E-state index in [4.69, 9.17) is 5.11 Å². The molecule has 0 atom stereocenters. The Morgan fingerprint density at radius 3 is 2.50 bits per heavy atom. The zero-order valence-electron chi connectivity index (χ0n) is 9.79. The third-order valence-corrected chi connectivity index (χ3v) is 1.83. The lowest BCUT2D eigenvalue weighted by Crippen LogP contribution is -2.40. The zero-order valence-corrected chi connectivity index (χ0v) is 9.79. The van der Waals surface area contributed by atoms with Gasteiger partial charge in [0.25, 0.3) is 0 Å². The van der Waals surface area contributed by atoms with Crippen LogP contribution in [0.4, 0.5) is 18.0 Å². The molecule has 0 aromatic rings. The van der Waals surface area contributed by atoms with Gasteiger partial charge in [0, 0.05) is 20.1 Å². The number of nitrogens with zero attached hydrogens (tertiary/aromatic N) is 1. The minimum absolute atomic E-state index is 0.0227. The van der Waals surface area contributed by atoms with Gasteiger partial charge in [-0.3, -0.25) is 0 Å². The van der Waals surface area contributed by atoms with Crippen molar-refractivity contribution in [2.24, 2.45) is 0 Å². The number of urea groups is 1. The Kier molecular flexibility index (Phi) is 7.10. The third kappa shape index (κ3) is 9.70. The highest BCUT2D eigenvalue weighted by Crippen LogP contribution is 2.19. The highest BCUT2D eigenvalue weighted by Gasteiger charge is 2.27. The molecule has 0 aliphatic heterocycles. The summed E-state index contributed by atoms with van der Waals surface area (Å²) in [6.45, 7) is -0.918. The molecule has 6 nitrogen and oxygen atoms in total. The van der Waals surface area contributed by atoms with E-state index in [2.05, 4.69) is 10.1 Å². The molecule has 9 heteroatoms. The van der Waals surface area contributed by atoms with Gasteiger partial charge in [0.1, 0.15) is 6.61 Å². The molecule has 0 saturated carbocycles. The second-order valence-electron chi connectivity index (χ2n) is 3.46. The minimum Gasteiger partial charge on any atom is -0.480 e. The van der Waals surface area contributed by atoms with Gasteiger partial charge in [0.05, 0.1) is 13.0 Å². The number of alkyl halides is 3. The lowest BCUT2D eigenvalue weighted by atomic mass is 10.4. The van der Waals surface area contributed by atoms with E-state index >= 15 is 0 Å². The number of amides is 2. The van der Waals surface area contributed by atoms with E-state index in [0.29, 0.717) is 0 Å². The normalized spacial score (nSPS) is 11.1. The molecular formula is C9H15F3N2O4. The number of carboxylic acid groups (broad SMARTS) is 1. The van der Waals surface area contributed by atoms with Gasteiger partial charge >= 0.3 is 18.2 Å². The van der Waals surface area contributed by atoms with Crippen LogP contribution in [0.1, 0.15) is 6.42 Å². The van der Waals surface area contributed by atoms with Crippen molar-refractivity contribution in [3.8, 4) is 0 Å². The largest absolute Gasteiger partial charge is 0.480 e. The first-order valence-electron chi connectivity index (χ1n) is 5.07. The molecule has 18 heavy (non-hydrogen) atoms. The quantitative estimate of drug-likeness (QED) is 0.668. The molecule has 0 bridgehead atoms. The van der Waals surface area contributed by atoms with Crippen LogP contribution in [0.2, 0.25) is 0 Å². The molecule has 0 radical (unpaired) electrons. The lowest BCUT2D eigenvalue weighted by Gasteiger charge is -2.18. The van der Waals surface area contributed by atoms with Gasteiger partial charge in [-0.25, -0.2) is 9.59 Å². The Morgan fingerprint density at radius 1 is 1.39 bits per heavy atom. The molecule has 0 fully saturated rings. The van der Waals surface area contributed by atoms with Crippen LogP contribution in [-0.2, 0) is 9.53 Å². The van der Waals surface area contributed by atoms with Crippen molar-refractivity contribution in [1.82, 2.24) is 10.2 Å². The van der Waals surface area contributed by atoms with Crippen LogP contribution in [0.25, 0.3) is 0 Å². The highest BCUT2D eigenvalue weighted by atomic mass is 19.4. The number of nitrogens with one attached hydrogen (secondary N) is 1. The van der Waals surface area contributed by atoms with Crippen molar-refractivity contribution in [2.75, 3.05) is 33.4 Å². The monoisotopic (exact) mass is 272 g/mol. The van der Waals surface area contributed by atoms with Crippen molar-refractivity contribution in [3.05, 3.63) is 0 Å². The molecule has 0 unspecified atom stereocenters. The minimum atomic E-state index is -4.31. The van der Waals surface area contributed by atoms with Crippen molar-refractivity contribution in [2.45, 2.75) is 12.6 Å². The number of aliphatic carboxylic acids is 1. The summed E-state index contributed by atoms with van der Waals surface area (Å²) in [7, 11) is 1.24. The molecule has 0 aromatic carbocycles. The number of hydrogen-bond acceptors (Lipinski definition) is 3. The molecule has 0 aromatic heterocycles. The average molecular weight is 272 g/mol. The first-order chi connectivity index (χ1) is 8.22. The summed E-state index contributed by atoms with van der Waals surface area (Å²) in [5.74, 6) is -1.14. The SMILES string of the molecule is CN(CCC(F)(F)F)C(=O)NCCOCC(=O)O. The first-order valence-corrected chi connectivity index (χ1v) is 5.07. The number of carbonyl (C=O) groups is 2. The maximum absolute atomic E-state index is 11.9. The van der Waals surface area contributed by atoms with Crippen LogP contribution < -0.4 is 5.32 Å². The van der Waals surface area contributed by atoms with Crippen LogP contribution in [0, 0.1) is 0 Å². The molecule has 0 saturated heterocycles. The molecular weight excluding hydrogens is 257 g/mol. The summed E-state index contributed by atoms with van der Waals surface area (Å²) in [5, 5.41) is 10.5. The second-order valence-corrected chi connectivity index (χ2v) is 3.46. The average Bonchev–Trinajstić information content (AvgIpc) is 2.23. The molecule has 2 N–H and O–H groups in total. The topological polar surface area (TPSA) is 78.9 Å². The van der Waals surface area contributed by atoms with E-state index in [9.17, 15) is 22.8 Å². The maximum Gasteiger partial charge on any atom is 0.390 e. The van der Waals surface area contributed by atoms with E-state index in [0.717, 1.165) is 4.90 Å². The van der Waals surface area contributed by atoms with Crippen LogP contribution >= 0.6 is 0 Å². The molecule has 106 valence electrons. The van der Waals surface area contributed by atoms with E-state index in [1.807, 2.05) is 0 Å². The molecule has 0 aliphatic carbocycles. The van der Waals surface area contributed by atoms with Crippen molar-refractivity contribution >= 4 is 12.0 Å². The standard InChI is InChI=1S/C9H15F3N2O4/c1-14(4-2-9(10,11)12)8(17)13-3-5-18-6-7(15)16/h2-6H2,1H3,(H,13,17)(H,15,16). The van der Waals surface area contributed by atoms with Crippen molar-refractivity contribution in [1.29, 1.82) is 0 Å². The third-order valence-electron chi connectivity index (χ3n) is 1.83. The number of carboxylic acids is 1. The van der Waals surface area contributed by atoms with E-state index in [-0.39, 0.29) is 13.2 Å². The Labute approximate surface area is 102 Å². The molecule has 0 heterocycles. The maximum atomic E-state index is 11.9. The molecule has 2 amide bonds. The predicted octanol–water partition coefficient (Wildman–Crippen LogP) is 0.681. The fourth-order valence-corrected chi connectivity index (χ4v) is 0.921. The number of carbonyl (C=O) groups excluding carboxylic acids is 1.